The molecule has 0 aromatic carbocycles. The van der Waals surface area contributed by atoms with Gasteiger partial charge in [0.05, 0.1) is 17.7 Å². The number of thiophene rings is 1. The maximum Gasteiger partial charge on any atom is 0.316 e. The summed E-state index contributed by atoms with van der Waals surface area (Å²) in [7, 11) is 5.55. The summed E-state index contributed by atoms with van der Waals surface area (Å²) in [6.07, 6.45) is 3.22. The van der Waals surface area contributed by atoms with Gasteiger partial charge in [-0.25, -0.2) is 15.0 Å². The topological polar surface area (TPSA) is 101 Å². The van der Waals surface area contributed by atoms with Crippen LogP contribution in [0.1, 0.15) is 11.1 Å². The van der Waals surface area contributed by atoms with Gasteiger partial charge in [0.25, 0.3) is 0 Å². The third kappa shape index (κ3) is 3.64. The third-order valence-electron chi connectivity index (χ3n) is 3.69. The van der Waals surface area contributed by atoms with Crippen molar-refractivity contribution in [1.82, 2.24) is 19.9 Å². The van der Waals surface area contributed by atoms with E-state index in [1.807, 2.05) is 20.2 Å². The van der Waals surface area contributed by atoms with Crippen LogP contribution in [0.15, 0.2) is 29.9 Å². The standard InChI is InChI=1S/C18H18N6OS/c1-24(2)9-11-4-16(26-10-11)15-5-13(14(6-19)17(20)23-15)12-7-21-18(25-3)22-8-12/h4-5,7-8,10H,9H2,1-3H3,(H2,20,23). The van der Waals surface area contributed by atoms with Gasteiger partial charge in [0, 0.05) is 30.1 Å². The second-order valence-electron chi connectivity index (χ2n) is 5.94. The Morgan fingerprint density at radius 2 is 2.00 bits per heavy atom. The van der Waals surface area contributed by atoms with Crippen molar-refractivity contribution < 1.29 is 4.74 Å². The highest BCUT2D eigenvalue weighted by atomic mass is 32.1. The zero-order chi connectivity index (χ0) is 18.7. The molecule has 0 radical (unpaired) electrons. The summed E-state index contributed by atoms with van der Waals surface area (Å²) in [5.74, 6) is 0.193. The number of pyridine rings is 1. The molecule has 132 valence electrons. The molecule has 0 unspecified atom stereocenters. The summed E-state index contributed by atoms with van der Waals surface area (Å²) in [5, 5.41) is 11.6. The van der Waals surface area contributed by atoms with Crippen LogP contribution >= 0.6 is 11.3 Å². The summed E-state index contributed by atoms with van der Waals surface area (Å²) in [5.41, 5.74) is 9.62. The molecule has 0 saturated heterocycles. The Balaban J connectivity index is 2.07. The molecule has 7 nitrogen and oxygen atoms in total. The zero-order valence-corrected chi connectivity index (χ0v) is 15.5. The van der Waals surface area contributed by atoms with Crippen LogP contribution in [0.5, 0.6) is 6.01 Å². The first kappa shape index (κ1) is 17.8. The van der Waals surface area contributed by atoms with Gasteiger partial charge in [-0.2, -0.15) is 5.26 Å². The monoisotopic (exact) mass is 366 g/mol. The fourth-order valence-electron chi connectivity index (χ4n) is 2.55. The van der Waals surface area contributed by atoms with Gasteiger partial charge in [-0.05, 0) is 37.2 Å². The minimum atomic E-state index is 0.193. The molecule has 0 spiro atoms. The molecule has 3 aromatic rings. The molecule has 0 saturated carbocycles. The van der Waals surface area contributed by atoms with Crippen LogP contribution in [0.3, 0.4) is 0 Å². The molecule has 0 bridgehead atoms. The van der Waals surface area contributed by atoms with Gasteiger partial charge < -0.3 is 15.4 Å². The van der Waals surface area contributed by atoms with Gasteiger partial charge in [0.15, 0.2) is 0 Å². The lowest BCUT2D eigenvalue weighted by Gasteiger charge is -2.09. The van der Waals surface area contributed by atoms with Gasteiger partial charge in [-0.15, -0.1) is 11.3 Å². The molecule has 0 fully saturated rings. The summed E-state index contributed by atoms with van der Waals surface area (Å²) < 4.78 is 4.99. The lowest BCUT2D eigenvalue weighted by Crippen LogP contribution is -2.09. The Bertz CT molecular complexity index is 959. The number of nitrogen functional groups attached to an aromatic ring is 1. The van der Waals surface area contributed by atoms with E-state index in [-0.39, 0.29) is 11.8 Å². The molecule has 3 aromatic heterocycles. The number of rotatable bonds is 5. The largest absolute Gasteiger partial charge is 0.467 e. The molecule has 8 heteroatoms. The van der Waals surface area contributed by atoms with Gasteiger partial charge in [-0.1, -0.05) is 0 Å². The van der Waals surface area contributed by atoms with Crippen LogP contribution in [0.2, 0.25) is 0 Å². The molecular weight excluding hydrogens is 348 g/mol. The van der Waals surface area contributed by atoms with Crippen LogP contribution in [0.4, 0.5) is 5.82 Å². The second kappa shape index (κ2) is 7.47. The van der Waals surface area contributed by atoms with Crippen LogP contribution in [0, 0.1) is 11.3 Å². The van der Waals surface area contributed by atoms with Gasteiger partial charge in [0.2, 0.25) is 0 Å². The fraction of sp³-hybridized carbons (Fsp3) is 0.222. The Kier molecular flexibility index (Phi) is 5.11. The highest BCUT2D eigenvalue weighted by Gasteiger charge is 2.15. The quantitative estimate of drug-likeness (QED) is 0.741. The second-order valence-corrected chi connectivity index (χ2v) is 6.85. The Morgan fingerprint density at radius 1 is 1.27 bits per heavy atom. The Morgan fingerprint density at radius 3 is 2.62 bits per heavy atom. The van der Waals surface area contributed by atoms with E-state index in [1.54, 1.807) is 23.7 Å². The number of methoxy groups -OCH3 is 1. The molecule has 0 aliphatic carbocycles. The van der Waals surface area contributed by atoms with Crippen molar-refractivity contribution in [3.63, 3.8) is 0 Å². The summed E-state index contributed by atoms with van der Waals surface area (Å²) in [4.78, 5) is 15.7. The summed E-state index contributed by atoms with van der Waals surface area (Å²) in [6, 6.07) is 6.33. The van der Waals surface area contributed by atoms with E-state index in [1.165, 1.54) is 12.7 Å². The average Bonchev–Trinajstić information content (AvgIpc) is 3.09. The van der Waals surface area contributed by atoms with Crippen molar-refractivity contribution >= 4 is 17.2 Å². The van der Waals surface area contributed by atoms with Crippen LogP contribution in [-0.4, -0.2) is 41.1 Å². The smallest absolute Gasteiger partial charge is 0.316 e. The van der Waals surface area contributed by atoms with Crippen LogP contribution in [-0.2, 0) is 6.54 Å². The first-order valence-electron chi connectivity index (χ1n) is 7.81. The molecule has 3 rings (SSSR count). The van der Waals surface area contributed by atoms with E-state index in [0.29, 0.717) is 16.7 Å². The number of nitriles is 1. The maximum absolute atomic E-state index is 9.49. The summed E-state index contributed by atoms with van der Waals surface area (Å²) in [6.45, 7) is 0.849. The minimum absolute atomic E-state index is 0.193. The molecule has 2 N–H and O–H groups in total. The first-order chi connectivity index (χ1) is 12.5. The highest BCUT2D eigenvalue weighted by molar-refractivity contribution is 7.13. The maximum atomic E-state index is 9.49. The van der Waals surface area contributed by atoms with E-state index in [9.17, 15) is 5.26 Å². The normalized spacial score (nSPS) is 10.7. The third-order valence-corrected chi connectivity index (χ3v) is 4.69. The SMILES string of the molecule is COc1ncc(-c2cc(-c3cc(CN(C)C)cs3)nc(N)c2C#N)cn1. The lowest BCUT2D eigenvalue weighted by molar-refractivity contribution is 0.380. The number of anilines is 1. The lowest BCUT2D eigenvalue weighted by atomic mass is 10.0. The highest BCUT2D eigenvalue weighted by Crippen LogP contribution is 2.33. The van der Waals surface area contributed by atoms with Gasteiger partial charge >= 0.3 is 6.01 Å². The average molecular weight is 366 g/mol. The number of ether oxygens (including phenoxy) is 1. The van der Waals surface area contributed by atoms with Crippen molar-refractivity contribution in [2.45, 2.75) is 6.54 Å². The number of nitrogens with zero attached hydrogens (tertiary/aromatic N) is 5. The van der Waals surface area contributed by atoms with Crippen LogP contribution < -0.4 is 10.5 Å². The Hall–Kier alpha value is -3.02. The Labute approximate surface area is 155 Å². The number of aromatic nitrogens is 3. The molecular formula is C18H18N6OS. The molecule has 26 heavy (non-hydrogen) atoms. The van der Waals surface area contributed by atoms with Crippen molar-refractivity contribution in [2.24, 2.45) is 0 Å². The van der Waals surface area contributed by atoms with Gasteiger partial charge in [0.1, 0.15) is 17.5 Å². The molecule has 0 amide bonds. The minimum Gasteiger partial charge on any atom is -0.467 e. The van der Waals surface area contributed by atoms with E-state index in [0.717, 1.165) is 17.1 Å². The summed E-state index contributed by atoms with van der Waals surface area (Å²) >= 11 is 1.60. The molecule has 3 heterocycles. The fourth-order valence-corrected chi connectivity index (χ4v) is 3.42. The van der Waals surface area contributed by atoms with E-state index >= 15 is 0 Å². The van der Waals surface area contributed by atoms with Crippen molar-refractivity contribution in [2.75, 3.05) is 26.9 Å². The van der Waals surface area contributed by atoms with Gasteiger partial charge in [-0.3, -0.25) is 0 Å². The molecule has 0 aliphatic rings. The molecule has 0 aliphatic heterocycles. The first-order valence-corrected chi connectivity index (χ1v) is 8.69. The van der Waals surface area contributed by atoms with E-state index in [4.69, 9.17) is 10.5 Å². The van der Waals surface area contributed by atoms with E-state index in [2.05, 4.69) is 37.4 Å². The number of hydrogen-bond donors (Lipinski definition) is 1. The predicted molar refractivity (Wildman–Crippen MR) is 102 cm³/mol. The van der Waals surface area contributed by atoms with Crippen molar-refractivity contribution in [3.05, 3.63) is 41.0 Å². The van der Waals surface area contributed by atoms with Crippen molar-refractivity contribution in [3.8, 4) is 33.8 Å². The number of hydrogen-bond acceptors (Lipinski definition) is 8. The van der Waals surface area contributed by atoms with E-state index < -0.39 is 0 Å². The predicted octanol–water partition coefficient (Wildman–Crippen LogP) is 2.79. The van der Waals surface area contributed by atoms with Crippen molar-refractivity contribution in [1.29, 1.82) is 5.26 Å². The molecule has 0 atom stereocenters. The number of nitrogens with two attached hydrogens (primary N) is 1. The van der Waals surface area contributed by atoms with Crippen LogP contribution in [0.25, 0.3) is 21.7 Å². The zero-order valence-electron chi connectivity index (χ0n) is 14.7.